The lowest BCUT2D eigenvalue weighted by molar-refractivity contribution is -0.140. The summed E-state index contributed by atoms with van der Waals surface area (Å²) in [6.07, 6.45) is 0.474. The number of Topliss-reactive ketones (excluding diaryl/α,β-unsaturated/α-hetero) is 1. The molecule has 1 aliphatic rings. The number of ether oxygens (including phenoxy) is 2. The lowest BCUT2D eigenvalue weighted by atomic mass is 10.0. The van der Waals surface area contributed by atoms with Gasteiger partial charge in [-0.15, -0.1) is 11.8 Å². The van der Waals surface area contributed by atoms with Gasteiger partial charge < -0.3 is 30.5 Å². The van der Waals surface area contributed by atoms with Crippen LogP contribution in [0.2, 0.25) is 0 Å². The van der Waals surface area contributed by atoms with Crippen molar-refractivity contribution in [2.45, 2.75) is 70.3 Å². The maximum Gasteiger partial charge on any atom is 0.305 e. The summed E-state index contributed by atoms with van der Waals surface area (Å²) in [5, 5.41) is 17.5. The number of carbonyl (C=O) groups excluding carboxylic acids is 4. The minimum absolute atomic E-state index is 0.00741. The molecule has 0 spiro atoms. The molecule has 1 aliphatic heterocycles. The van der Waals surface area contributed by atoms with E-state index in [1.165, 1.54) is 11.8 Å². The number of carboxylic acid groups (broad SMARTS) is 1. The Morgan fingerprint density at radius 1 is 1.07 bits per heavy atom. The maximum atomic E-state index is 13.3. The molecule has 11 nitrogen and oxygen atoms in total. The SMILES string of the molecule is CCOc1ccc(OCC2CCC(=O)N2)cc1CC(=O)N[C@H](C(=O)NC(CC(=O)O)C(=O)CSCc1ccccc1)C(C)C. The van der Waals surface area contributed by atoms with Crippen LogP contribution in [0.1, 0.15) is 51.2 Å². The van der Waals surface area contributed by atoms with Crippen molar-refractivity contribution in [1.82, 2.24) is 16.0 Å². The zero-order valence-corrected chi connectivity index (χ0v) is 26.1. The average Bonchev–Trinajstić information content (AvgIpc) is 3.40. The van der Waals surface area contributed by atoms with E-state index in [2.05, 4.69) is 16.0 Å². The van der Waals surface area contributed by atoms with E-state index in [0.29, 0.717) is 48.9 Å². The number of thioether (sulfide) groups is 1. The van der Waals surface area contributed by atoms with Crippen LogP contribution in [0.5, 0.6) is 11.5 Å². The first-order valence-electron chi connectivity index (χ1n) is 14.7. The van der Waals surface area contributed by atoms with E-state index in [0.717, 1.165) is 5.56 Å². The molecule has 1 fully saturated rings. The third-order valence-electron chi connectivity index (χ3n) is 6.92. The van der Waals surface area contributed by atoms with Crippen LogP contribution in [0.4, 0.5) is 0 Å². The highest BCUT2D eigenvalue weighted by Crippen LogP contribution is 2.26. The highest BCUT2D eigenvalue weighted by atomic mass is 32.2. The highest BCUT2D eigenvalue weighted by Gasteiger charge is 2.30. The topological polar surface area (TPSA) is 160 Å². The fourth-order valence-electron chi connectivity index (χ4n) is 4.64. The number of carbonyl (C=O) groups is 5. The van der Waals surface area contributed by atoms with Crippen LogP contribution < -0.4 is 25.4 Å². The van der Waals surface area contributed by atoms with Gasteiger partial charge in [0.15, 0.2) is 5.78 Å². The van der Waals surface area contributed by atoms with Crippen LogP contribution in [0, 0.1) is 5.92 Å². The second-order valence-corrected chi connectivity index (χ2v) is 11.9. The first-order valence-corrected chi connectivity index (χ1v) is 15.8. The Kier molecular flexibility index (Phi) is 13.5. The van der Waals surface area contributed by atoms with Gasteiger partial charge >= 0.3 is 5.97 Å². The molecule has 2 aromatic carbocycles. The fourth-order valence-corrected chi connectivity index (χ4v) is 5.57. The molecule has 0 aliphatic carbocycles. The Morgan fingerprint density at radius 2 is 1.82 bits per heavy atom. The lowest BCUT2D eigenvalue weighted by Crippen LogP contribution is -2.54. The van der Waals surface area contributed by atoms with Crippen LogP contribution >= 0.6 is 11.8 Å². The number of aliphatic carboxylic acids is 1. The molecule has 0 bridgehead atoms. The standard InChI is InChI=1S/C32H41N3O8S/c1-4-42-27-12-11-24(43-17-23-10-13-28(37)33-23)14-22(27)15-29(38)35-31(20(2)3)32(41)34-25(16-30(39)40)26(36)19-44-18-21-8-6-5-7-9-21/h5-9,11-12,14,20,23,25,31H,4,10,13,15-19H2,1-3H3,(H,33,37)(H,34,41)(H,35,38)(H,39,40)/t23?,25?,31-/m0/s1. The Morgan fingerprint density at radius 3 is 2.45 bits per heavy atom. The number of hydrogen-bond acceptors (Lipinski definition) is 8. The van der Waals surface area contributed by atoms with Crippen molar-refractivity contribution in [3.63, 3.8) is 0 Å². The van der Waals surface area contributed by atoms with E-state index in [4.69, 9.17) is 9.47 Å². The first-order chi connectivity index (χ1) is 21.0. The maximum absolute atomic E-state index is 13.3. The summed E-state index contributed by atoms with van der Waals surface area (Å²) < 4.78 is 11.5. The van der Waals surface area contributed by atoms with Crippen LogP contribution in [0.3, 0.4) is 0 Å². The molecule has 1 saturated heterocycles. The van der Waals surface area contributed by atoms with Crippen molar-refractivity contribution in [2.24, 2.45) is 5.92 Å². The second kappa shape index (κ2) is 17.3. The molecule has 3 rings (SSSR count). The number of nitrogens with one attached hydrogen (secondary N) is 3. The van der Waals surface area contributed by atoms with E-state index in [1.54, 1.807) is 32.0 Å². The van der Waals surface area contributed by atoms with Crippen LogP contribution in [-0.4, -0.2) is 71.7 Å². The number of amides is 3. The van der Waals surface area contributed by atoms with Crippen molar-refractivity contribution in [3.05, 3.63) is 59.7 Å². The molecule has 1 heterocycles. The second-order valence-electron chi connectivity index (χ2n) is 10.9. The number of rotatable bonds is 18. The zero-order chi connectivity index (χ0) is 32.1. The predicted molar refractivity (Wildman–Crippen MR) is 167 cm³/mol. The summed E-state index contributed by atoms with van der Waals surface area (Å²) in [7, 11) is 0. The van der Waals surface area contributed by atoms with Gasteiger partial charge in [-0.3, -0.25) is 24.0 Å². The summed E-state index contributed by atoms with van der Waals surface area (Å²) in [5.74, 6) is -1.49. The van der Waals surface area contributed by atoms with Gasteiger partial charge in [0.05, 0.1) is 37.3 Å². The van der Waals surface area contributed by atoms with Gasteiger partial charge in [-0.05, 0) is 43.0 Å². The largest absolute Gasteiger partial charge is 0.494 e. The normalized spacial score (nSPS) is 15.6. The van der Waals surface area contributed by atoms with Crippen molar-refractivity contribution in [2.75, 3.05) is 19.0 Å². The van der Waals surface area contributed by atoms with Gasteiger partial charge in [-0.25, -0.2) is 0 Å². The van der Waals surface area contributed by atoms with Gasteiger partial charge in [0.2, 0.25) is 17.7 Å². The molecular weight excluding hydrogens is 586 g/mol. The summed E-state index contributed by atoms with van der Waals surface area (Å²) in [6.45, 7) is 5.99. The average molecular weight is 628 g/mol. The van der Waals surface area contributed by atoms with E-state index < -0.39 is 42.1 Å². The number of hydrogen-bond donors (Lipinski definition) is 4. The fraction of sp³-hybridized carbons (Fsp3) is 0.469. The quantitative estimate of drug-likeness (QED) is 0.195. The Labute approximate surface area is 261 Å². The molecule has 2 aromatic rings. The molecule has 3 atom stereocenters. The first kappa shape index (κ1) is 34.4. The number of ketones is 1. The van der Waals surface area contributed by atoms with Crippen LogP contribution in [0.25, 0.3) is 0 Å². The van der Waals surface area contributed by atoms with Crippen molar-refractivity contribution < 1.29 is 38.6 Å². The van der Waals surface area contributed by atoms with Crippen molar-refractivity contribution >= 4 is 41.2 Å². The summed E-state index contributed by atoms with van der Waals surface area (Å²) >= 11 is 1.34. The molecule has 3 amide bonds. The Bertz CT molecular complexity index is 1300. The molecule has 0 radical (unpaired) electrons. The monoisotopic (exact) mass is 627 g/mol. The molecule has 0 aromatic heterocycles. The lowest BCUT2D eigenvalue weighted by Gasteiger charge is -2.25. The molecule has 44 heavy (non-hydrogen) atoms. The number of carboxylic acids is 1. The molecule has 12 heteroatoms. The van der Waals surface area contributed by atoms with Gasteiger partial charge in [0.25, 0.3) is 0 Å². The van der Waals surface area contributed by atoms with E-state index in [1.807, 2.05) is 37.3 Å². The molecular formula is C32H41N3O8S. The van der Waals surface area contributed by atoms with Crippen LogP contribution in [0.15, 0.2) is 48.5 Å². The third kappa shape index (κ3) is 11.2. The highest BCUT2D eigenvalue weighted by molar-refractivity contribution is 7.99. The summed E-state index contributed by atoms with van der Waals surface area (Å²) in [4.78, 5) is 62.3. The summed E-state index contributed by atoms with van der Waals surface area (Å²) in [5.41, 5.74) is 1.58. The zero-order valence-electron chi connectivity index (χ0n) is 25.3. The smallest absolute Gasteiger partial charge is 0.305 e. The summed E-state index contributed by atoms with van der Waals surface area (Å²) in [6, 6.07) is 12.4. The minimum atomic E-state index is -1.23. The molecule has 0 saturated carbocycles. The Balaban J connectivity index is 1.62. The van der Waals surface area contributed by atoms with Gasteiger partial charge in [-0.1, -0.05) is 44.2 Å². The third-order valence-corrected chi connectivity index (χ3v) is 7.95. The van der Waals surface area contributed by atoms with Crippen molar-refractivity contribution in [3.8, 4) is 11.5 Å². The molecule has 2 unspecified atom stereocenters. The molecule has 238 valence electrons. The van der Waals surface area contributed by atoms with Gasteiger partial charge in [0.1, 0.15) is 24.1 Å². The predicted octanol–water partition coefficient (Wildman–Crippen LogP) is 2.89. The van der Waals surface area contributed by atoms with E-state index in [9.17, 15) is 29.1 Å². The molecule has 4 N–H and O–H groups in total. The Hall–Kier alpha value is -4.06. The van der Waals surface area contributed by atoms with Gasteiger partial charge in [-0.2, -0.15) is 0 Å². The van der Waals surface area contributed by atoms with E-state index >= 15 is 0 Å². The van der Waals surface area contributed by atoms with E-state index in [-0.39, 0.29) is 30.0 Å². The number of benzene rings is 2. The van der Waals surface area contributed by atoms with Gasteiger partial charge in [0, 0.05) is 17.7 Å². The minimum Gasteiger partial charge on any atom is -0.494 e. The van der Waals surface area contributed by atoms with Crippen LogP contribution in [-0.2, 0) is 36.1 Å². The van der Waals surface area contributed by atoms with Crippen molar-refractivity contribution in [1.29, 1.82) is 0 Å².